The fourth-order valence-electron chi connectivity index (χ4n) is 7.69. The Morgan fingerprint density at radius 2 is 1.38 bits per heavy atom. The van der Waals surface area contributed by atoms with Crippen LogP contribution in [0.25, 0.3) is 34.3 Å². The zero-order chi connectivity index (χ0) is 57.4. The predicted octanol–water partition coefficient (Wildman–Crippen LogP) is 5.24. The molecule has 4 N–H and O–H groups in total. The SMILES string of the molecule is C1CCC2=NCCCN2CC1.CCOC(=O)C(=CN(C)C)S(=O)(=O)N(C)C.CN(C)S(=O)(=O)c1cnc(-c2cc(-c3ccon3)n(Cc3ccccc3F)n2)[nH]c1=O.N=C(N)c1cc(-c2ccon2)n(Cc2ccccc2F)n1. The number of nitrogens with one attached hydrogen (secondary N) is 2. The van der Waals surface area contributed by atoms with E-state index in [1.807, 2.05) is 0 Å². The number of hydrogen-bond acceptors (Lipinski definition) is 18. The maximum absolute atomic E-state index is 14.2. The lowest BCUT2D eigenvalue weighted by atomic mass is 10.2. The number of halogens is 2. The van der Waals surface area contributed by atoms with E-state index in [4.69, 9.17) is 24.9 Å². The number of ether oxygens (including phenoxy) is 1. The van der Waals surface area contributed by atoms with E-state index in [1.165, 1.54) is 120 Å². The van der Waals surface area contributed by atoms with Crippen molar-refractivity contribution in [2.45, 2.75) is 57.0 Å². The highest BCUT2D eigenvalue weighted by atomic mass is 32.2. The summed E-state index contributed by atoms with van der Waals surface area (Å²) in [6, 6.07) is 19.2. The van der Waals surface area contributed by atoms with E-state index in [9.17, 15) is 35.2 Å². The Morgan fingerprint density at radius 1 is 0.797 bits per heavy atom. The van der Waals surface area contributed by atoms with Crippen LogP contribution in [0.4, 0.5) is 8.78 Å². The summed E-state index contributed by atoms with van der Waals surface area (Å²) in [5.74, 6) is -0.260. The van der Waals surface area contributed by atoms with Crippen LogP contribution < -0.4 is 11.3 Å². The first kappa shape index (κ1) is 60.0. The van der Waals surface area contributed by atoms with Crippen molar-refractivity contribution in [3.63, 3.8) is 0 Å². The molecule has 2 aliphatic rings. The molecule has 7 aromatic rings. The van der Waals surface area contributed by atoms with E-state index in [0.29, 0.717) is 39.6 Å². The number of aromatic amines is 1. The molecule has 9 rings (SSSR count). The van der Waals surface area contributed by atoms with Crippen molar-refractivity contribution < 1.29 is 44.2 Å². The van der Waals surface area contributed by atoms with Gasteiger partial charge in [0, 0.05) is 97.8 Å². The second-order valence-electron chi connectivity index (χ2n) is 18.1. The summed E-state index contributed by atoms with van der Waals surface area (Å²) in [5.41, 5.74) is 8.18. The van der Waals surface area contributed by atoms with Gasteiger partial charge in [0.15, 0.2) is 15.6 Å². The van der Waals surface area contributed by atoms with Gasteiger partial charge in [-0.05, 0) is 50.5 Å². The molecule has 0 atom stereocenters. The van der Waals surface area contributed by atoms with Crippen LogP contribution in [-0.2, 0) is 42.7 Å². The van der Waals surface area contributed by atoms with Crippen molar-refractivity contribution in [3.05, 3.63) is 141 Å². The van der Waals surface area contributed by atoms with Crippen molar-refractivity contribution in [2.75, 3.05) is 68.5 Å². The van der Waals surface area contributed by atoms with E-state index in [-0.39, 0.29) is 47.8 Å². The third kappa shape index (κ3) is 15.7. The second-order valence-corrected chi connectivity index (χ2v) is 22.4. The van der Waals surface area contributed by atoms with Crippen molar-refractivity contribution in [1.82, 2.24) is 58.3 Å². The quantitative estimate of drug-likeness (QED) is 0.0511. The number of carbonyl (C=O) groups is 1. The second kappa shape index (κ2) is 27.4. The summed E-state index contributed by atoms with van der Waals surface area (Å²) >= 11 is 0. The van der Waals surface area contributed by atoms with E-state index < -0.39 is 42.3 Å². The maximum Gasteiger partial charge on any atom is 0.352 e. The van der Waals surface area contributed by atoms with Gasteiger partial charge in [-0.1, -0.05) is 53.1 Å². The number of nitrogen functional groups attached to an aromatic ring is 1. The minimum Gasteiger partial charge on any atom is -0.462 e. The first-order chi connectivity index (χ1) is 37.6. The summed E-state index contributed by atoms with van der Waals surface area (Å²) < 4.78 is 95.4. The van der Waals surface area contributed by atoms with E-state index in [0.717, 1.165) is 21.4 Å². The molecular formula is C51H63F2N15O9S2. The van der Waals surface area contributed by atoms with Crippen LogP contribution in [-0.4, -0.2) is 161 Å². The molecule has 2 aliphatic heterocycles. The number of H-pyrrole nitrogens is 1. The maximum atomic E-state index is 14.2. The Labute approximate surface area is 455 Å². The molecule has 0 bridgehead atoms. The smallest absolute Gasteiger partial charge is 0.352 e. The minimum atomic E-state index is -3.95. The first-order valence-electron chi connectivity index (χ1n) is 24.7. The zero-order valence-electron chi connectivity index (χ0n) is 44.7. The number of nitrogens with two attached hydrogens (primary N) is 1. The highest BCUT2D eigenvalue weighted by Crippen LogP contribution is 2.26. The van der Waals surface area contributed by atoms with Gasteiger partial charge >= 0.3 is 5.97 Å². The molecule has 79 heavy (non-hydrogen) atoms. The number of fused-ring (bicyclic) bond motifs is 1. The Bertz CT molecular complexity index is 3520. The Morgan fingerprint density at radius 3 is 1.90 bits per heavy atom. The Kier molecular flexibility index (Phi) is 20.8. The molecule has 0 unspecified atom stereocenters. The highest BCUT2D eigenvalue weighted by Gasteiger charge is 2.29. The van der Waals surface area contributed by atoms with Gasteiger partial charge in [0.1, 0.15) is 52.8 Å². The van der Waals surface area contributed by atoms with Crippen LogP contribution in [0.1, 0.15) is 55.8 Å². The summed E-state index contributed by atoms with van der Waals surface area (Å²) in [6.45, 7) is 5.65. The monoisotopic (exact) mass is 1130 g/mol. The Balaban J connectivity index is 0.000000182. The van der Waals surface area contributed by atoms with Crippen molar-refractivity contribution >= 4 is 37.7 Å². The number of aliphatic imine (C=N–C) groups is 1. The molecule has 422 valence electrons. The molecule has 0 radical (unpaired) electrons. The standard InChI is InChI=1S/C19H17FN6O4S.C14H12FN5O.C9H18N2O4S.C9H16N2/c1-25(2)31(28,29)17-10-21-18(22-19(17)27)15-9-16(14-7-8-30-24-14)26(23-15)11-12-5-3-4-6-13(12)20;15-10-4-2-1-3-9(10)8-20-13(11-5-6-21-19-11)7-12(18-20)14(16)17;1-6-15-9(12)8(7-10(2)3)16(13,14)11(4)5;1-2-5-9-10-6-4-8-11(9)7-3-1/h3-10H,11H2,1-2H3,(H,21,22,27);1-7H,8H2,(H3,16,17);7H,6H2,1-5H3;1-8H2. The number of sulfonamides is 2. The van der Waals surface area contributed by atoms with Crippen LogP contribution in [0.2, 0.25) is 0 Å². The highest BCUT2D eigenvalue weighted by molar-refractivity contribution is 7.94. The number of aromatic nitrogens is 8. The van der Waals surface area contributed by atoms with Gasteiger partial charge in [-0.25, -0.2) is 44.0 Å². The largest absolute Gasteiger partial charge is 0.462 e. The van der Waals surface area contributed by atoms with Crippen LogP contribution >= 0.6 is 0 Å². The van der Waals surface area contributed by atoms with Crippen LogP contribution in [0.5, 0.6) is 0 Å². The fourth-order valence-corrected chi connectivity index (χ4v) is 9.56. The van der Waals surface area contributed by atoms with Crippen LogP contribution in [0.3, 0.4) is 0 Å². The molecule has 5 aromatic heterocycles. The normalized spacial score (nSPS) is 13.6. The van der Waals surface area contributed by atoms with Crippen LogP contribution in [0, 0.1) is 17.0 Å². The number of rotatable bonds is 15. The number of benzene rings is 2. The molecule has 1 fully saturated rings. The summed E-state index contributed by atoms with van der Waals surface area (Å²) in [7, 11) is 0.880. The Hall–Kier alpha value is -8.21. The number of hydrogen-bond donors (Lipinski definition) is 3. The van der Waals surface area contributed by atoms with Crippen LogP contribution in [0.15, 0.2) is 126 Å². The lowest BCUT2D eigenvalue weighted by Crippen LogP contribution is -2.34. The van der Waals surface area contributed by atoms with Gasteiger partial charge in [0.25, 0.3) is 15.6 Å². The van der Waals surface area contributed by atoms with Gasteiger partial charge < -0.3 is 34.3 Å². The summed E-state index contributed by atoms with van der Waals surface area (Å²) in [6.07, 6.45) is 11.7. The third-order valence-electron chi connectivity index (χ3n) is 11.7. The molecular weight excluding hydrogens is 1070 g/mol. The lowest BCUT2D eigenvalue weighted by Gasteiger charge is -2.27. The van der Waals surface area contributed by atoms with E-state index in [1.54, 1.807) is 86.4 Å². The average Bonchev–Trinajstić information content (AvgIpc) is 4.38. The summed E-state index contributed by atoms with van der Waals surface area (Å²) in [5, 5.41) is 23.9. The summed E-state index contributed by atoms with van der Waals surface area (Å²) in [4.78, 5) is 38.1. The van der Waals surface area contributed by atoms with Gasteiger partial charge in [0.05, 0.1) is 43.1 Å². The molecule has 0 amide bonds. The molecule has 24 nitrogen and oxygen atoms in total. The van der Waals surface area contributed by atoms with Gasteiger partial charge in [-0.3, -0.25) is 24.6 Å². The van der Waals surface area contributed by atoms with Gasteiger partial charge in [-0.15, -0.1) is 0 Å². The number of amidine groups is 2. The number of carbonyl (C=O) groups excluding carboxylic acids is 1. The predicted molar refractivity (Wildman–Crippen MR) is 290 cm³/mol. The fraction of sp³-hybridized carbons (Fsp3) is 0.353. The van der Waals surface area contributed by atoms with E-state index >= 15 is 0 Å². The molecule has 28 heteroatoms. The first-order valence-corrected chi connectivity index (χ1v) is 27.6. The van der Waals surface area contributed by atoms with E-state index in [2.05, 4.69) is 40.4 Å². The number of esters is 1. The van der Waals surface area contributed by atoms with Crippen molar-refractivity contribution in [1.29, 1.82) is 5.41 Å². The van der Waals surface area contributed by atoms with Crippen molar-refractivity contribution in [3.8, 4) is 34.3 Å². The molecule has 0 aliphatic carbocycles. The average molecular weight is 1130 g/mol. The van der Waals surface area contributed by atoms with Crippen molar-refractivity contribution in [2.24, 2.45) is 10.7 Å². The third-order valence-corrected chi connectivity index (χ3v) is 15.3. The molecule has 1 saturated heterocycles. The molecule has 2 aromatic carbocycles. The number of nitrogens with zero attached hydrogens (tertiary/aromatic N) is 12. The van der Waals surface area contributed by atoms with Gasteiger partial charge in [-0.2, -0.15) is 10.2 Å². The molecule has 7 heterocycles. The molecule has 0 spiro atoms. The lowest BCUT2D eigenvalue weighted by molar-refractivity contribution is -0.137. The zero-order valence-corrected chi connectivity index (χ0v) is 46.3. The van der Waals surface area contributed by atoms with Gasteiger partial charge in [0.2, 0.25) is 10.0 Å². The topological polar surface area (TPSA) is 303 Å². The molecule has 0 saturated carbocycles. The minimum absolute atomic E-state index is 0.0553.